The summed E-state index contributed by atoms with van der Waals surface area (Å²) in [4.78, 5) is 31.2. The highest BCUT2D eigenvalue weighted by Crippen LogP contribution is 2.57. The number of halogens is 5. The summed E-state index contributed by atoms with van der Waals surface area (Å²) in [7, 11) is 2.06. The molecule has 3 heterocycles. The molecule has 1 amide bonds. The number of aromatic amines is 1. The summed E-state index contributed by atoms with van der Waals surface area (Å²) < 4.78 is 87.0. The average molecular weight is 513 g/mol. The number of H-pyrrole nitrogens is 1. The van der Waals surface area contributed by atoms with E-state index < -0.39 is 58.6 Å². The van der Waals surface area contributed by atoms with Crippen molar-refractivity contribution in [1.82, 2.24) is 9.97 Å². The molecule has 1 aromatic carbocycles. The molecule has 1 aliphatic heterocycles. The Balaban J connectivity index is 2.00. The first-order chi connectivity index (χ1) is 16.9. The molecule has 3 N–H and O–H groups in total. The first-order valence-corrected chi connectivity index (χ1v) is 10.5. The molecule has 1 fully saturated rings. The molecule has 192 valence electrons. The van der Waals surface area contributed by atoms with E-state index in [1.807, 2.05) is 0 Å². The number of nitrogens with one attached hydrogen (secondary N) is 1. The smallest absolute Gasteiger partial charge is 0.419 e. The van der Waals surface area contributed by atoms with Gasteiger partial charge in [-0.05, 0) is 19.1 Å². The minimum absolute atomic E-state index is 0.0514. The van der Waals surface area contributed by atoms with E-state index in [9.17, 15) is 31.5 Å². The highest BCUT2D eigenvalue weighted by atomic mass is 19.4. The Morgan fingerprint density at radius 3 is 2.50 bits per heavy atom. The number of nitrogens with two attached hydrogens (primary N) is 1. The molecule has 1 aliphatic rings. The summed E-state index contributed by atoms with van der Waals surface area (Å²) in [6.45, 7) is 0.759. The maximum absolute atomic E-state index is 14.6. The molecule has 13 heteroatoms. The van der Waals surface area contributed by atoms with E-state index in [0.717, 1.165) is 39.3 Å². The summed E-state index contributed by atoms with van der Waals surface area (Å²) in [6.07, 6.45) is -7.11. The van der Waals surface area contributed by atoms with Gasteiger partial charge < -0.3 is 24.9 Å². The molecule has 4 rings (SSSR count). The van der Waals surface area contributed by atoms with Crippen LogP contribution in [0, 0.1) is 11.6 Å². The van der Waals surface area contributed by atoms with Crippen molar-refractivity contribution in [3.8, 4) is 5.75 Å². The summed E-state index contributed by atoms with van der Waals surface area (Å²) in [6, 6.07) is 4.08. The van der Waals surface area contributed by atoms with Gasteiger partial charge in [-0.15, -0.1) is 0 Å². The molecule has 3 aromatic rings. The molecule has 0 radical (unpaired) electrons. The Hall–Kier alpha value is -3.58. The maximum Gasteiger partial charge on any atom is 0.419 e. The van der Waals surface area contributed by atoms with Crippen molar-refractivity contribution in [3.63, 3.8) is 0 Å². The second-order valence-corrected chi connectivity index (χ2v) is 8.34. The second kappa shape index (κ2) is 8.82. The normalized spacial score (nSPS) is 24.3. The number of alkyl halides is 3. The number of primary amides is 1. The molecule has 0 spiro atoms. The Kier molecular flexibility index (Phi) is 6.25. The summed E-state index contributed by atoms with van der Waals surface area (Å²) >= 11 is 0. The predicted octanol–water partition coefficient (Wildman–Crippen LogP) is 3.50. The topological polar surface area (TPSA) is 117 Å². The van der Waals surface area contributed by atoms with Crippen molar-refractivity contribution in [2.75, 3.05) is 14.2 Å². The molecule has 4 atom stereocenters. The van der Waals surface area contributed by atoms with Gasteiger partial charge in [-0.25, -0.2) is 4.39 Å². The lowest BCUT2D eigenvalue weighted by Gasteiger charge is -2.33. The van der Waals surface area contributed by atoms with Gasteiger partial charge in [0, 0.05) is 36.5 Å². The number of pyridine rings is 2. The molecular formula is C23H20F5N3O5. The number of benzene rings is 1. The molecule has 0 saturated carbocycles. The predicted molar refractivity (Wildman–Crippen MR) is 116 cm³/mol. The van der Waals surface area contributed by atoms with Crippen molar-refractivity contribution >= 4 is 16.8 Å². The Labute approximate surface area is 200 Å². The van der Waals surface area contributed by atoms with E-state index in [-0.39, 0.29) is 27.9 Å². The van der Waals surface area contributed by atoms with Crippen molar-refractivity contribution in [3.05, 3.63) is 69.3 Å². The van der Waals surface area contributed by atoms with Gasteiger partial charge in [0.25, 0.3) is 5.91 Å². The van der Waals surface area contributed by atoms with Crippen LogP contribution in [0.1, 0.15) is 40.7 Å². The van der Waals surface area contributed by atoms with Crippen molar-refractivity contribution in [1.29, 1.82) is 0 Å². The highest BCUT2D eigenvalue weighted by Gasteiger charge is 2.67. The average Bonchev–Trinajstić information content (AvgIpc) is 3.13. The van der Waals surface area contributed by atoms with E-state index in [0.29, 0.717) is 0 Å². The number of amides is 1. The zero-order valence-electron chi connectivity index (χ0n) is 19.1. The van der Waals surface area contributed by atoms with Gasteiger partial charge >= 0.3 is 6.18 Å². The van der Waals surface area contributed by atoms with Gasteiger partial charge in [0.2, 0.25) is 5.82 Å². The monoisotopic (exact) mass is 513 g/mol. The minimum Gasteiger partial charge on any atom is -0.493 e. The quantitative estimate of drug-likeness (QED) is 0.505. The van der Waals surface area contributed by atoms with Gasteiger partial charge in [0.1, 0.15) is 17.9 Å². The van der Waals surface area contributed by atoms with Crippen LogP contribution in [0.15, 0.2) is 35.3 Å². The fourth-order valence-corrected chi connectivity index (χ4v) is 4.67. The van der Waals surface area contributed by atoms with Crippen LogP contribution in [0.2, 0.25) is 0 Å². The number of rotatable bonds is 5. The fourth-order valence-electron chi connectivity index (χ4n) is 4.67. The Morgan fingerprint density at radius 2 is 1.92 bits per heavy atom. The SMILES string of the molecule is COc1c([C@H]2[C@H](c3cc(=O)c4c(C(N)=O)nccc4[nH]3)O[C@@](C)(C(F)(F)F)[C@H]2OC)ccc(F)c1F. The third-order valence-electron chi connectivity index (χ3n) is 6.33. The van der Waals surface area contributed by atoms with Crippen molar-refractivity contribution < 1.29 is 41.0 Å². The minimum atomic E-state index is -4.97. The zero-order chi connectivity index (χ0) is 26.6. The number of ether oxygens (including phenoxy) is 3. The van der Waals surface area contributed by atoms with Crippen molar-refractivity contribution in [2.45, 2.75) is 36.8 Å². The molecule has 1 saturated heterocycles. The van der Waals surface area contributed by atoms with Crippen LogP contribution in [-0.4, -0.2) is 48.0 Å². The molecule has 0 bridgehead atoms. The Bertz CT molecular complexity index is 1410. The number of nitrogens with zero attached hydrogens (tertiary/aromatic N) is 1. The van der Waals surface area contributed by atoms with Crippen LogP contribution < -0.4 is 15.9 Å². The number of hydrogen-bond donors (Lipinski definition) is 2. The van der Waals surface area contributed by atoms with Crippen LogP contribution in [0.3, 0.4) is 0 Å². The largest absolute Gasteiger partial charge is 0.493 e. The number of carbonyl (C=O) groups is 1. The fraction of sp³-hybridized carbons (Fsp3) is 0.348. The highest BCUT2D eigenvalue weighted by molar-refractivity contribution is 6.03. The lowest BCUT2D eigenvalue weighted by molar-refractivity contribution is -0.286. The van der Waals surface area contributed by atoms with Crippen LogP contribution in [0.4, 0.5) is 22.0 Å². The van der Waals surface area contributed by atoms with E-state index in [4.69, 9.17) is 19.9 Å². The van der Waals surface area contributed by atoms with Crippen LogP contribution in [0.5, 0.6) is 5.75 Å². The lowest BCUT2D eigenvalue weighted by atomic mass is 9.82. The van der Waals surface area contributed by atoms with Gasteiger partial charge in [-0.2, -0.15) is 17.6 Å². The number of fused-ring (bicyclic) bond motifs is 1. The van der Waals surface area contributed by atoms with E-state index in [2.05, 4.69) is 9.97 Å². The number of methoxy groups -OCH3 is 2. The van der Waals surface area contributed by atoms with E-state index in [1.165, 1.54) is 12.3 Å². The van der Waals surface area contributed by atoms with Crippen LogP contribution in [0.25, 0.3) is 10.9 Å². The first-order valence-electron chi connectivity index (χ1n) is 10.5. The lowest BCUT2D eigenvalue weighted by Crippen LogP contribution is -2.51. The summed E-state index contributed by atoms with van der Waals surface area (Å²) in [5, 5.41) is -0.171. The molecule has 2 aromatic heterocycles. The number of hydrogen-bond acceptors (Lipinski definition) is 6. The van der Waals surface area contributed by atoms with Gasteiger partial charge in [0.15, 0.2) is 22.6 Å². The van der Waals surface area contributed by atoms with Gasteiger partial charge in [-0.1, -0.05) is 6.07 Å². The molecule has 36 heavy (non-hydrogen) atoms. The molecular weight excluding hydrogens is 493 g/mol. The van der Waals surface area contributed by atoms with E-state index in [1.54, 1.807) is 0 Å². The Morgan fingerprint density at radius 1 is 1.22 bits per heavy atom. The van der Waals surface area contributed by atoms with Crippen LogP contribution in [-0.2, 0) is 9.47 Å². The number of aromatic nitrogens is 2. The third-order valence-corrected chi connectivity index (χ3v) is 6.33. The van der Waals surface area contributed by atoms with Gasteiger partial charge in [0.05, 0.1) is 18.0 Å². The molecule has 0 unspecified atom stereocenters. The number of carbonyl (C=O) groups excluding carboxylic acids is 1. The summed E-state index contributed by atoms with van der Waals surface area (Å²) in [5.74, 6) is -5.72. The third kappa shape index (κ3) is 3.78. The standard InChI is InChI=1S/C23H20F5N3O5/c1-22(23(26,27)28)20(35-3)14(9-4-5-10(24)16(25)18(9)34-2)19(36-22)12-8-13(32)15-11(31-12)6-7-30-17(15)21(29)33/h4-8,14,19-20H,1-3H3,(H2,29,33)(H,31,32)/t14-,19-,20-,22+/m0/s1. The zero-order valence-corrected chi connectivity index (χ0v) is 19.1. The van der Waals surface area contributed by atoms with Crippen LogP contribution >= 0.6 is 0 Å². The van der Waals surface area contributed by atoms with Crippen molar-refractivity contribution in [2.24, 2.45) is 5.73 Å². The second-order valence-electron chi connectivity index (χ2n) is 8.34. The first kappa shape index (κ1) is 25.5. The molecule has 0 aliphatic carbocycles. The molecule has 8 nitrogen and oxygen atoms in total. The maximum atomic E-state index is 14.6. The van der Waals surface area contributed by atoms with Gasteiger partial charge in [-0.3, -0.25) is 14.6 Å². The van der Waals surface area contributed by atoms with E-state index >= 15 is 0 Å². The summed E-state index contributed by atoms with van der Waals surface area (Å²) in [5.41, 5.74) is 1.00.